The van der Waals surface area contributed by atoms with Crippen molar-refractivity contribution in [1.29, 1.82) is 0 Å². The van der Waals surface area contributed by atoms with Gasteiger partial charge in [-0.1, -0.05) is 6.92 Å². The van der Waals surface area contributed by atoms with Crippen molar-refractivity contribution in [1.82, 2.24) is 4.90 Å². The average Bonchev–Trinajstić information content (AvgIpc) is 2.67. The van der Waals surface area contributed by atoms with Crippen molar-refractivity contribution in [2.75, 3.05) is 24.6 Å². The maximum atomic E-state index is 12.2. The van der Waals surface area contributed by atoms with Crippen LogP contribution in [0, 0.1) is 5.92 Å². The molecule has 0 saturated carbocycles. The van der Waals surface area contributed by atoms with Crippen LogP contribution in [0.15, 0.2) is 0 Å². The molecule has 0 aliphatic carbocycles. The molecular formula is C11H20N2O5S. The number of nitrogens with zero attached hydrogens (tertiary/aromatic N) is 1. The highest BCUT2D eigenvalue weighted by atomic mass is 32.2. The second-order valence-corrected chi connectivity index (χ2v) is 6.99. The van der Waals surface area contributed by atoms with Crippen molar-refractivity contribution in [3.8, 4) is 0 Å². The highest BCUT2D eigenvalue weighted by Gasteiger charge is 2.37. The molecule has 1 fully saturated rings. The molecule has 0 radical (unpaired) electrons. The molecule has 2 atom stereocenters. The van der Waals surface area contributed by atoms with Crippen LogP contribution in [0.5, 0.6) is 0 Å². The Balaban J connectivity index is 2.89. The second kappa shape index (κ2) is 6.33. The Kier molecular flexibility index (Phi) is 5.30. The van der Waals surface area contributed by atoms with Crippen LogP contribution in [0.25, 0.3) is 0 Å². The molecule has 0 aromatic rings. The lowest BCUT2D eigenvalue weighted by atomic mass is 10.0. The van der Waals surface area contributed by atoms with Gasteiger partial charge in [-0.3, -0.25) is 9.59 Å². The number of nitrogens with two attached hydrogens (primary N) is 1. The van der Waals surface area contributed by atoms with E-state index in [1.54, 1.807) is 6.92 Å². The number of carboxylic acids is 1. The molecule has 0 spiro atoms. The van der Waals surface area contributed by atoms with Gasteiger partial charge in [0.1, 0.15) is 6.54 Å². The summed E-state index contributed by atoms with van der Waals surface area (Å²) >= 11 is 0. The lowest BCUT2D eigenvalue weighted by Crippen LogP contribution is -2.48. The first-order valence-corrected chi connectivity index (χ1v) is 8.05. The number of carbonyl (C=O) groups excluding carboxylic acids is 1. The number of amides is 1. The summed E-state index contributed by atoms with van der Waals surface area (Å²) in [5.74, 6) is -2.13. The summed E-state index contributed by atoms with van der Waals surface area (Å²) in [7, 11) is -3.17. The molecule has 1 aliphatic rings. The van der Waals surface area contributed by atoms with Crippen LogP contribution in [-0.2, 0) is 19.4 Å². The smallest absolute Gasteiger partial charge is 0.323 e. The van der Waals surface area contributed by atoms with Gasteiger partial charge in [0.05, 0.1) is 17.4 Å². The molecule has 1 rings (SSSR count). The zero-order valence-electron chi connectivity index (χ0n) is 10.9. The van der Waals surface area contributed by atoms with Crippen LogP contribution < -0.4 is 5.73 Å². The lowest BCUT2D eigenvalue weighted by molar-refractivity contribution is -0.147. The third-order valence-electron chi connectivity index (χ3n) is 3.36. The van der Waals surface area contributed by atoms with E-state index in [2.05, 4.69) is 0 Å². The first-order chi connectivity index (χ1) is 8.80. The normalized spacial score (nSPS) is 22.9. The van der Waals surface area contributed by atoms with Crippen LogP contribution >= 0.6 is 0 Å². The zero-order valence-corrected chi connectivity index (χ0v) is 11.7. The fraction of sp³-hybridized carbons (Fsp3) is 0.818. The lowest BCUT2D eigenvalue weighted by Gasteiger charge is -2.29. The summed E-state index contributed by atoms with van der Waals surface area (Å²) in [5, 5.41) is 8.88. The molecular weight excluding hydrogens is 272 g/mol. The Morgan fingerprint density at radius 3 is 2.47 bits per heavy atom. The van der Waals surface area contributed by atoms with Crippen molar-refractivity contribution >= 4 is 21.7 Å². The SMILES string of the molecule is CCC(CN)C(=O)N(CC(=O)O)C1CCS(=O)(=O)C1. The monoisotopic (exact) mass is 292 g/mol. The minimum Gasteiger partial charge on any atom is -0.480 e. The van der Waals surface area contributed by atoms with E-state index in [4.69, 9.17) is 10.8 Å². The van der Waals surface area contributed by atoms with Crippen LogP contribution in [0.2, 0.25) is 0 Å². The van der Waals surface area contributed by atoms with Crippen LogP contribution in [0.4, 0.5) is 0 Å². The van der Waals surface area contributed by atoms with Gasteiger partial charge in [-0.2, -0.15) is 0 Å². The topological polar surface area (TPSA) is 118 Å². The van der Waals surface area contributed by atoms with Gasteiger partial charge in [-0.25, -0.2) is 8.42 Å². The number of aliphatic carboxylic acids is 1. The molecule has 7 nitrogen and oxygen atoms in total. The first kappa shape index (κ1) is 15.9. The predicted molar refractivity (Wildman–Crippen MR) is 69.2 cm³/mol. The Bertz CT molecular complexity index is 444. The van der Waals surface area contributed by atoms with Crippen LogP contribution in [-0.4, -0.2) is 60.9 Å². The highest BCUT2D eigenvalue weighted by molar-refractivity contribution is 7.91. The number of sulfone groups is 1. The van der Waals surface area contributed by atoms with Gasteiger partial charge in [0.15, 0.2) is 9.84 Å². The molecule has 19 heavy (non-hydrogen) atoms. The van der Waals surface area contributed by atoms with E-state index in [0.717, 1.165) is 4.90 Å². The largest absolute Gasteiger partial charge is 0.480 e. The van der Waals surface area contributed by atoms with E-state index in [0.29, 0.717) is 12.8 Å². The van der Waals surface area contributed by atoms with Gasteiger partial charge in [-0.15, -0.1) is 0 Å². The first-order valence-electron chi connectivity index (χ1n) is 6.23. The summed E-state index contributed by atoms with van der Waals surface area (Å²) < 4.78 is 22.9. The summed E-state index contributed by atoms with van der Waals surface area (Å²) in [4.78, 5) is 24.2. The number of carboxylic acid groups (broad SMARTS) is 1. The molecule has 8 heteroatoms. The number of carbonyl (C=O) groups is 2. The molecule has 1 heterocycles. The maximum Gasteiger partial charge on any atom is 0.323 e. The number of hydrogen-bond donors (Lipinski definition) is 2. The number of rotatable bonds is 6. The molecule has 1 aliphatic heterocycles. The molecule has 2 unspecified atom stereocenters. The van der Waals surface area contributed by atoms with Gasteiger partial charge in [0, 0.05) is 12.6 Å². The highest BCUT2D eigenvalue weighted by Crippen LogP contribution is 2.20. The third kappa shape index (κ3) is 4.17. The molecule has 110 valence electrons. The van der Waals surface area contributed by atoms with Gasteiger partial charge < -0.3 is 15.7 Å². The van der Waals surface area contributed by atoms with E-state index in [1.165, 1.54) is 0 Å². The van der Waals surface area contributed by atoms with Crippen molar-refractivity contribution in [2.45, 2.75) is 25.8 Å². The Labute approximate surface area is 112 Å². The maximum absolute atomic E-state index is 12.2. The second-order valence-electron chi connectivity index (χ2n) is 4.76. The quantitative estimate of drug-likeness (QED) is 0.653. The summed E-state index contributed by atoms with van der Waals surface area (Å²) in [6.07, 6.45) is 0.799. The van der Waals surface area contributed by atoms with Gasteiger partial charge >= 0.3 is 5.97 Å². The Morgan fingerprint density at radius 1 is 1.47 bits per heavy atom. The summed E-state index contributed by atoms with van der Waals surface area (Å²) in [5.41, 5.74) is 5.49. The summed E-state index contributed by atoms with van der Waals surface area (Å²) in [6.45, 7) is 1.44. The van der Waals surface area contributed by atoms with E-state index < -0.39 is 34.3 Å². The van der Waals surface area contributed by atoms with Crippen molar-refractivity contribution in [3.05, 3.63) is 0 Å². The molecule has 0 aromatic carbocycles. The molecule has 0 bridgehead atoms. The average molecular weight is 292 g/mol. The predicted octanol–water partition coefficient (Wildman–Crippen LogP) is -0.928. The van der Waals surface area contributed by atoms with E-state index in [1.807, 2.05) is 0 Å². The van der Waals surface area contributed by atoms with Gasteiger partial charge in [0.2, 0.25) is 5.91 Å². The van der Waals surface area contributed by atoms with Crippen LogP contribution in [0.3, 0.4) is 0 Å². The van der Waals surface area contributed by atoms with Crippen molar-refractivity contribution in [2.24, 2.45) is 11.7 Å². The minimum absolute atomic E-state index is 0.000479. The van der Waals surface area contributed by atoms with Gasteiger partial charge in [-0.05, 0) is 12.8 Å². The van der Waals surface area contributed by atoms with Gasteiger partial charge in [0.25, 0.3) is 0 Å². The minimum atomic E-state index is -3.17. The third-order valence-corrected chi connectivity index (χ3v) is 5.11. The van der Waals surface area contributed by atoms with Crippen molar-refractivity contribution in [3.63, 3.8) is 0 Å². The van der Waals surface area contributed by atoms with E-state index in [-0.39, 0.29) is 24.0 Å². The summed E-state index contributed by atoms with van der Waals surface area (Å²) in [6, 6.07) is -0.547. The fourth-order valence-corrected chi connectivity index (χ4v) is 3.96. The molecule has 1 amide bonds. The van der Waals surface area contributed by atoms with E-state index in [9.17, 15) is 18.0 Å². The molecule has 0 aromatic heterocycles. The van der Waals surface area contributed by atoms with Crippen molar-refractivity contribution < 1.29 is 23.1 Å². The fourth-order valence-electron chi connectivity index (χ4n) is 2.23. The Hall–Kier alpha value is -1.15. The van der Waals surface area contributed by atoms with E-state index >= 15 is 0 Å². The zero-order chi connectivity index (χ0) is 14.6. The Morgan fingerprint density at radius 2 is 2.11 bits per heavy atom. The molecule has 3 N–H and O–H groups in total. The molecule has 1 saturated heterocycles. The van der Waals surface area contributed by atoms with Crippen LogP contribution in [0.1, 0.15) is 19.8 Å². The standard InChI is InChI=1S/C11H20N2O5S/c1-2-8(5-12)11(16)13(6-10(14)15)9-3-4-19(17,18)7-9/h8-9H,2-7,12H2,1H3,(H,14,15). The number of hydrogen-bond acceptors (Lipinski definition) is 5.